The van der Waals surface area contributed by atoms with Gasteiger partial charge >= 0.3 is 0 Å². The van der Waals surface area contributed by atoms with E-state index in [4.69, 9.17) is 0 Å². The van der Waals surface area contributed by atoms with Crippen LogP contribution < -0.4 is 0 Å². The third-order valence-corrected chi connectivity index (χ3v) is 2.39. The van der Waals surface area contributed by atoms with Gasteiger partial charge in [0.05, 0.1) is 12.2 Å². The smallest absolute Gasteiger partial charge is 0.210 e. The summed E-state index contributed by atoms with van der Waals surface area (Å²) in [5.74, 6) is 1.01. The number of fused-ring (bicyclic) bond motifs is 1. The van der Waals surface area contributed by atoms with Crippen molar-refractivity contribution in [1.29, 1.82) is 0 Å². The molecule has 0 aliphatic carbocycles. The molecule has 1 aliphatic rings. The van der Waals surface area contributed by atoms with Crippen molar-refractivity contribution >= 4 is 6.41 Å². The van der Waals surface area contributed by atoms with Gasteiger partial charge in [-0.3, -0.25) is 4.79 Å². The number of rotatable bonds is 2. The van der Waals surface area contributed by atoms with Crippen LogP contribution >= 0.6 is 0 Å². The Hall–Kier alpha value is -1.32. The van der Waals surface area contributed by atoms with Crippen LogP contribution in [0.5, 0.6) is 0 Å². The summed E-state index contributed by atoms with van der Waals surface area (Å²) >= 11 is 0. The van der Waals surface area contributed by atoms with E-state index in [1.54, 1.807) is 4.90 Å². The molecule has 2 rings (SSSR count). The summed E-state index contributed by atoms with van der Waals surface area (Å²) in [4.78, 5) is 16.7. The van der Waals surface area contributed by atoms with Crippen molar-refractivity contribution in [1.82, 2.24) is 14.5 Å². The maximum Gasteiger partial charge on any atom is 0.210 e. The zero-order chi connectivity index (χ0) is 9.26. The minimum atomic E-state index is 0.656. The summed E-state index contributed by atoms with van der Waals surface area (Å²) in [6.07, 6.45) is 3.93. The second-order valence-corrected chi connectivity index (χ2v) is 3.27. The van der Waals surface area contributed by atoms with Crippen LogP contribution in [0.1, 0.15) is 18.4 Å². The Morgan fingerprint density at radius 3 is 3.15 bits per heavy atom. The number of carbonyl (C=O) groups is 1. The number of aryl methyl sites for hydroxylation is 1. The van der Waals surface area contributed by atoms with Crippen LogP contribution in [0.25, 0.3) is 0 Å². The Labute approximate surface area is 77.2 Å². The second-order valence-electron chi connectivity index (χ2n) is 3.27. The molecule has 0 spiro atoms. The van der Waals surface area contributed by atoms with Crippen LogP contribution in [0.15, 0.2) is 6.20 Å². The predicted octanol–water partition coefficient (Wildman–Crippen LogP) is 0.417. The van der Waals surface area contributed by atoms with Crippen LogP contribution in [0.4, 0.5) is 0 Å². The molecule has 0 N–H and O–H groups in total. The highest BCUT2D eigenvalue weighted by molar-refractivity contribution is 5.47. The van der Waals surface area contributed by atoms with Crippen LogP contribution in [0.3, 0.4) is 0 Å². The topological polar surface area (TPSA) is 38.1 Å². The van der Waals surface area contributed by atoms with Crippen molar-refractivity contribution in [3.63, 3.8) is 0 Å². The van der Waals surface area contributed by atoms with Gasteiger partial charge in [-0.1, -0.05) is 6.92 Å². The highest BCUT2D eigenvalue weighted by atomic mass is 16.1. The quantitative estimate of drug-likeness (QED) is 0.617. The lowest BCUT2D eigenvalue weighted by atomic mass is 10.4. The molecule has 0 saturated heterocycles. The van der Waals surface area contributed by atoms with Gasteiger partial charge in [0.15, 0.2) is 0 Å². The molecule has 0 atom stereocenters. The minimum Gasteiger partial charge on any atom is -0.336 e. The van der Waals surface area contributed by atoms with E-state index < -0.39 is 0 Å². The summed E-state index contributed by atoms with van der Waals surface area (Å²) in [6.45, 7) is 4.42. The molecule has 0 radical (unpaired) electrons. The van der Waals surface area contributed by atoms with Gasteiger partial charge in [-0.05, 0) is 6.42 Å². The molecule has 70 valence electrons. The zero-order valence-electron chi connectivity index (χ0n) is 7.73. The maximum absolute atomic E-state index is 10.5. The number of aromatic nitrogens is 2. The van der Waals surface area contributed by atoms with Crippen molar-refractivity contribution < 1.29 is 4.79 Å². The van der Waals surface area contributed by atoms with Gasteiger partial charge in [-0.25, -0.2) is 4.98 Å². The molecule has 4 heteroatoms. The lowest BCUT2D eigenvalue weighted by Crippen LogP contribution is -2.32. The first-order valence-corrected chi connectivity index (χ1v) is 4.57. The fourth-order valence-corrected chi connectivity index (χ4v) is 1.59. The monoisotopic (exact) mass is 179 g/mol. The standard InChI is InChI=1S/C9H13N3O/c1-2-8-5-12-4-3-11(7-13)6-9(12)10-8/h5,7H,2-4,6H2,1H3. The Morgan fingerprint density at radius 1 is 1.62 bits per heavy atom. The highest BCUT2D eigenvalue weighted by Crippen LogP contribution is 2.11. The average molecular weight is 179 g/mol. The molecule has 1 aliphatic heterocycles. The minimum absolute atomic E-state index is 0.656. The van der Waals surface area contributed by atoms with Gasteiger partial charge in [0.2, 0.25) is 6.41 Å². The lowest BCUT2D eigenvalue weighted by Gasteiger charge is -2.23. The molecular weight excluding hydrogens is 166 g/mol. The number of imidazole rings is 1. The summed E-state index contributed by atoms with van der Waals surface area (Å²) in [6, 6.07) is 0. The molecule has 0 saturated carbocycles. The number of carbonyl (C=O) groups excluding carboxylic acids is 1. The van der Waals surface area contributed by atoms with Gasteiger partial charge in [-0.15, -0.1) is 0 Å². The highest BCUT2D eigenvalue weighted by Gasteiger charge is 2.16. The van der Waals surface area contributed by atoms with Crippen molar-refractivity contribution in [2.45, 2.75) is 26.4 Å². The molecule has 1 amide bonds. The third-order valence-electron chi connectivity index (χ3n) is 2.39. The molecule has 0 fully saturated rings. The molecule has 2 heterocycles. The van der Waals surface area contributed by atoms with Crippen molar-refractivity contribution in [2.24, 2.45) is 0 Å². The fourth-order valence-electron chi connectivity index (χ4n) is 1.59. The van der Waals surface area contributed by atoms with Crippen molar-refractivity contribution in [3.05, 3.63) is 17.7 Å². The molecule has 13 heavy (non-hydrogen) atoms. The number of amides is 1. The van der Waals surface area contributed by atoms with E-state index in [1.807, 2.05) is 0 Å². The second kappa shape index (κ2) is 3.20. The molecular formula is C9H13N3O. The Balaban J connectivity index is 2.24. The lowest BCUT2D eigenvalue weighted by molar-refractivity contribution is -0.119. The summed E-state index contributed by atoms with van der Waals surface area (Å²) < 4.78 is 2.14. The molecule has 4 nitrogen and oxygen atoms in total. The predicted molar refractivity (Wildman–Crippen MR) is 48.1 cm³/mol. The van der Waals surface area contributed by atoms with Crippen LogP contribution in [-0.2, 0) is 24.3 Å². The van der Waals surface area contributed by atoms with Gasteiger partial charge in [0.25, 0.3) is 0 Å². The number of hydrogen-bond acceptors (Lipinski definition) is 2. The third kappa shape index (κ3) is 1.43. The molecule has 1 aromatic heterocycles. The van der Waals surface area contributed by atoms with Gasteiger partial charge in [0.1, 0.15) is 5.82 Å². The van der Waals surface area contributed by atoms with E-state index in [2.05, 4.69) is 22.7 Å². The van der Waals surface area contributed by atoms with E-state index in [9.17, 15) is 4.79 Å². The van der Waals surface area contributed by atoms with Crippen LogP contribution in [-0.4, -0.2) is 27.4 Å². The Kier molecular flexibility index (Phi) is 2.04. The van der Waals surface area contributed by atoms with E-state index in [0.717, 1.165) is 37.4 Å². The van der Waals surface area contributed by atoms with Gasteiger partial charge in [0, 0.05) is 19.3 Å². The van der Waals surface area contributed by atoms with E-state index in [0.29, 0.717) is 6.54 Å². The van der Waals surface area contributed by atoms with E-state index in [1.165, 1.54) is 0 Å². The summed E-state index contributed by atoms with van der Waals surface area (Å²) in [5, 5.41) is 0. The maximum atomic E-state index is 10.5. The average Bonchev–Trinajstić information content (AvgIpc) is 2.58. The fraction of sp³-hybridized carbons (Fsp3) is 0.556. The summed E-state index contributed by atoms with van der Waals surface area (Å²) in [5.41, 5.74) is 1.11. The Bertz CT molecular complexity index is 319. The zero-order valence-corrected chi connectivity index (χ0v) is 7.73. The van der Waals surface area contributed by atoms with Gasteiger partial charge < -0.3 is 9.47 Å². The first-order valence-electron chi connectivity index (χ1n) is 4.57. The molecule has 0 aromatic carbocycles. The van der Waals surface area contributed by atoms with Crippen molar-refractivity contribution in [3.8, 4) is 0 Å². The molecule has 0 bridgehead atoms. The normalized spacial score (nSPS) is 15.6. The van der Waals surface area contributed by atoms with Crippen LogP contribution in [0.2, 0.25) is 0 Å². The Morgan fingerprint density at radius 2 is 2.46 bits per heavy atom. The number of nitrogens with zero attached hydrogens (tertiary/aromatic N) is 3. The van der Waals surface area contributed by atoms with Gasteiger partial charge in [-0.2, -0.15) is 0 Å². The van der Waals surface area contributed by atoms with E-state index >= 15 is 0 Å². The molecule has 1 aromatic rings. The first-order chi connectivity index (χ1) is 6.33. The first kappa shape index (κ1) is 8.29. The molecule has 0 unspecified atom stereocenters. The SMILES string of the molecule is CCc1cn2c(n1)CN(C=O)CC2. The number of hydrogen-bond donors (Lipinski definition) is 0. The largest absolute Gasteiger partial charge is 0.336 e. The van der Waals surface area contributed by atoms with Crippen molar-refractivity contribution in [2.75, 3.05) is 6.54 Å². The van der Waals surface area contributed by atoms with E-state index in [-0.39, 0.29) is 0 Å². The summed E-state index contributed by atoms with van der Waals surface area (Å²) in [7, 11) is 0. The van der Waals surface area contributed by atoms with Crippen LogP contribution in [0, 0.1) is 0 Å².